The zero-order chi connectivity index (χ0) is 14.8. The average Bonchev–Trinajstić information content (AvgIpc) is 2.51. The monoisotopic (exact) mass is 284 g/mol. The highest BCUT2D eigenvalue weighted by atomic mass is 16.4. The van der Waals surface area contributed by atoms with Gasteiger partial charge in [-0.3, -0.25) is 0 Å². The Labute approximate surface area is 122 Å². The summed E-state index contributed by atoms with van der Waals surface area (Å²) in [5, 5.41) is 9.23. The van der Waals surface area contributed by atoms with Gasteiger partial charge in [-0.25, -0.2) is 14.8 Å². The molecule has 1 aromatic heterocycles. The fourth-order valence-corrected chi connectivity index (χ4v) is 2.57. The van der Waals surface area contributed by atoms with Crippen LogP contribution in [0.3, 0.4) is 0 Å². The third-order valence-electron chi connectivity index (χ3n) is 3.70. The molecule has 1 aromatic carbocycles. The second kappa shape index (κ2) is 5.40. The second-order valence-electron chi connectivity index (χ2n) is 5.02. The summed E-state index contributed by atoms with van der Waals surface area (Å²) in [5.41, 5.74) is 2.95. The number of nitrogens with zero attached hydrogens (tertiary/aromatic N) is 4. The summed E-state index contributed by atoms with van der Waals surface area (Å²) < 4.78 is 0. The Morgan fingerprint density at radius 1 is 1.29 bits per heavy atom. The largest absolute Gasteiger partial charge is 0.478 e. The number of carboxylic acids is 1. The summed E-state index contributed by atoms with van der Waals surface area (Å²) in [6.07, 6.45) is 2.75. The maximum Gasteiger partial charge on any atom is 0.339 e. The van der Waals surface area contributed by atoms with E-state index < -0.39 is 5.97 Å². The minimum Gasteiger partial charge on any atom is -0.478 e. The first-order chi connectivity index (χ1) is 10.2. The lowest BCUT2D eigenvalue weighted by molar-refractivity contribution is 0.0694. The molecule has 21 heavy (non-hydrogen) atoms. The van der Waals surface area contributed by atoms with E-state index in [4.69, 9.17) is 0 Å². The minimum absolute atomic E-state index is 0.161. The number of rotatable bonds is 3. The molecule has 2 heterocycles. The van der Waals surface area contributed by atoms with Crippen molar-refractivity contribution in [2.45, 2.75) is 6.54 Å². The van der Waals surface area contributed by atoms with Gasteiger partial charge in [0.2, 0.25) is 0 Å². The molecule has 108 valence electrons. The SMILES string of the molecule is CN1CCN(Cc2ncncc2C(=O)O)c2ccccc21. The molecule has 1 aliphatic rings. The number of anilines is 2. The number of para-hydroxylation sites is 2. The number of likely N-dealkylation sites (N-methyl/N-ethyl adjacent to an activating group) is 1. The molecule has 0 bridgehead atoms. The van der Waals surface area contributed by atoms with E-state index in [1.165, 1.54) is 12.5 Å². The molecule has 0 spiro atoms. The molecule has 0 amide bonds. The summed E-state index contributed by atoms with van der Waals surface area (Å²) in [4.78, 5) is 23.5. The van der Waals surface area contributed by atoms with E-state index >= 15 is 0 Å². The van der Waals surface area contributed by atoms with Crippen molar-refractivity contribution in [1.29, 1.82) is 0 Å². The van der Waals surface area contributed by atoms with Gasteiger partial charge < -0.3 is 14.9 Å². The third-order valence-corrected chi connectivity index (χ3v) is 3.70. The van der Waals surface area contributed by atoms with Gasteiger partial charge in [0.15, 0.2) is 0 Å². The summed E-state index contributed by atoms with van der Waals surface area (Å²) in [6, 6.07) is 8.11. The molecule has 6 nitrogen and oxygen atoms in total. The smallest absolute Gasteiger partial charge is 0.339 e. The van der Waals surface area contributed by atoms with Crippen molar-refractivity contribution in [3.05, 3.63) is 48.0 Å². The predicted molar refractivity (Wildman–Crippen MR) is 79.8 cm³/mol. The lowest BCUT2D eigenvalue weighted by Crippen LogP contribution is -2.39. The summed E-state index contributed by atoms with van der Waals surface area (Å²) in [5.74, 6) is -0.993. The second-order valence-corrected chi connectivity index (χ2v) is 5.02. The van der Waals surface area contributed by atoms with Gasteiger partial charge in [-0.2, -0.15) is 0 Å². The van der Waals surface area contributed by atoms with Crippen LogP contribution in [-0.2, 0) is 6.54 Å². The molecule has 2 aromatic rings. The van der Waals surface area contributed by atoms with Crippen LogP contribution in [0.1, 0.15) is 16.1 Å². The Morgan fingerprint density at radius 3 is 2.81 bits per heavy atom. The van der Waals surface area contributed by atoms with E-state index in [1.54, 1.807) is 0 Å². The van der Waals surface area contributed by atoms with Gasteiger partial charge >= 0.3 is 5.97 Å². The van der Waals surface area contributed by atoms with E-state index in [0.717, 1.165) is 24.5 Å². The molecule has 0 radical (unpaired) electrons. The van der Waals surface area contributed by atoms with Gasteiger partial charge in [-0.15, -0.1) is 0 Å². The molecule has 3 rings (SSSR count). The molecular weight excluding hydrogens is 268 g/mol. The van der Waals surface area contributed by atoms with Crippen molar-refractivity contribution < 1.29 is 9.90 Å². The highest BCUT2D eigenvalue weighted by Gasteiger charge is 2.22. The van der Waals surface area contributed by atoms with Crippen LogP contribution in [0.15, 0.2) is 36.8 Å². The van der Waals surface area contributed by atoms with Crippen LogP contribution in [-0.4, -0.2) is 41.2 Å². The highest BCUT2D eigenvalue weighted by molar-refractivity contribution is 5.88. The van der Waals surface area contributed by atoms with Gasteiger partial charge in [0.25, 0.3) is 0 Å². The van der Waals surface area contributed by atoms with Crippen molar-refractivity contribution >= 4 is 17.3 Å². The standard InChI is InChI=1S/C15H16N4O2/c1-18-6-7-19(14-5-3-2-4-13(14)18)9-12-11(15(20)21)8-16-10-17-12/h2-5,8,10H,6-7,9H2,1H3,(H,20,21). The van der Waals surface area contributed by atoms with Crippen molar-refractivity contribution in [1.82, 2.24) is 9.97 Å². The lowest BCUT2D eigenvalue weighted by atomic mass is 10.1. The van der Waals surface area contributed by atoms with Crippen molar-refractivity contribution in [3.63, 3.8) is 0 Å². The third kappa shape index (κ3) is 2.52. The van der Waals surface area contributed by atoms with Gasteiger partial charge in [-0.05, 0) is 12.1 Å². The Hall–Kier alpha value is -2.63. The van der Waals surface area contributed by atoms with Crippen LogP contribution in [0.2, 0.25) is 0 Å². The first kappa shape index (κ1) is 13.4. The molecule has 0 fully saturated rings. The van der Waals surface area contributed by atoms with Crippen LogP contribution >= 0.6 is 0 Å². The fourth-order valence-electron chi connectivity index (χ4n) is 2.57. The van der Waals surface area contributed by atoms with Gasteiger partial charge in [-0.1, -0.05) is 12.1 Å². The molecule has 1 N–H and O–H groups in total. The summed E-state index contributed by atoms with van der Waals surface area (Å²) >= 11 is 0. The maximum absolute atomic E-state index is 11.3. The molecule has 1 aliphatic heterocycles. The van der Waals surface area contributed by atoms with Crippen molar-refractivity contribution in [3.8, 4) is 0 Å². The number of aromatic carboxylic acids is 1. The minimum atomic E-state index is -0.993. The maximum atomic E-state index is 11.3. The van der Waals surface area contributed by atoms with E-state index in [1.807, 2.05) is 18.2 Å². The summed E-state index contributed by atoms with van der Waals surface area (Å²) in [6.45, 7) is 2.19. The zero-order valence-corrected chi connectivity index (χ0v) is 11.7. The topological polar surface area (TPSA) is 69.6 Å². The number of aromatic nitrogens is 2. The van der Waals surface area contributed by atoms with E-state index in [-0.39, 0.29) is 5.56 Å². The molecule has 0 aliphatic carbocycles. The van der Waals surface area contributed by atoms with E-state index in [0.29, 0.717) is 12.2 Å². The number of hydrogen-bond acceptors (Lipinski definition) is 5. The highest BCUT2D eigenvalue weighted by Crippen LogP contribution is 2.32. The Morgan fingerprint density at radius 2 is 2.05 bits per heavy atom. The molecule has 6 heteroatoms. The Bertz CT molecular complexity index is 674. The Balaban J connectivity index is 1.93. The van der Waals surface area contributed by atoms with Crippen LogP contribution in [0.4, 0.5) is 11.4 Å². The first-order valence-electron chi connectivity index (χ1n) is 6.74. The van der Waals surface area contributed by atoms with Gasteiger partial charge in [0, 0.05) is 26.3 Å². The lowest BCUT2D eigenvalue weighted by Gasteiger charge is -2.36. The van der Waals surface area contributed by atoms with E-state index in [2.05, 4.69) is 32.9 Å². The van der Waals surface area contributed by atoms with E-state index in [9.17, 15) is 9.90 Å². The first-order valence-corrected chi connectivity index (χ1v) is 6.74. The van der Waals surface area contributed by atoms with Crippen molar-refractivity contribution in [2.24, 2.45) is 0 Å². The number of carbonyl (C=O) groups is 1. The molecule has 0 atom stereocenters. The van der Waals surface area contributed by atoms with Crippen LogP contribution in [0.5, 0.6) is 0 Å². The van der Waals surface area contributed by atoms with Crippen LogP contribution in [0, 0.1) is 0 Å². The molecule has 0 saturated heterocycles. The number of fused-ring (bicyclic) bond motifs is 1. The Kier molecular flexibility index (Phi) is 3.43. The number of benzene rings is 1. The number of carboxylic acid groups (broad SMARTS) is 1. The predicted octanol–water partition coefficient (Wildman–Crippen LogP) is 1.63. The molecule has 0 unspecified atom stereocenters. The van der Waals surface area contributed by atoms with Crippen LogP contribution in [0.25, 0.3) is 0 Å². The molecule has 0 saturated carbocycles. The summed E-state index contributed by atoms with van der Waals surface area (Å²) in [7, 11) is 2.06. The van der Waals surface area contributed by atoms with Gasteiger partial charge in [0.05, 0.1) is 23.6 Å². The zero-order valence-electron chi connectivity index (χ0n) is 11.7. The van der Waals surface area contributed by atoms with Crippen molar-refractivity contribution in [2.75, 3.05) is 29.9 Å². The average molecular weight is 284 g/mol. The normalized spacial score (nSPS) is 14.0. The fraction of sp³-hybridized carbons (Fsp3) is 0.267. The molecular formula is C15H16N4O2. The van der Waals surface area contributed by atoms with Crippen LogP contribution < -0.4 is 9.80 Å². The number of hydrogen-bond donors (Lipinski definition) is 1. The van der Waals surface area contributed by atoms with Gasteiger partial charge in [0.1, 0.15) is 11.9 Å². The quantitative estimate of drug-likeness (QED) is 0.924.